The molecule has 2 heterocycles. The SMILES string of the molecule is CCOC(=O)N1CCC2(CC1)CNC(=O)CO2. The summed E-state index contributed by atoms with van der Waals surface area (Å²) in [6.45, 7) is 4.10. The monoisotopic (exact) mass is 242 g/mol. The van der Waals surface area contributed by atoms with Crippen molar-refractivity contribution in [2.24, 2.45) is 0 Å². The summed E-state index contributed by atoms with van der Waals surface area (Å²) < 4.78 is 10.6. The molecule has 0 aromatic heterocycles. The van der Waals surface area contributed by atoms with Crippen molar-refractivity contribution in [2.45, 2.75) is 25.4 Å². The molecular formula is C11H18N2O4. The average Bonchev–Trinajstić information content (AvgIpc) is 2.35. The highest BCUT2D eigenvalue weighted by molar-refractivity contribution is 5.78. The maximum Gasteiger partial charge on any atom is 0.409 e. The van der Waals surface area contributed by atoms with Gasteiger partial charge in [0, 0.05) is 19.6 Å². The number of ether oxygens (including phenoxy) is 2. The van der Waals surface area contributed by atoms with Crippen molar-refractivity contribution in [1.82, 2.24) is 10.2 Å². The summed E-state index contributed by atoms with van der Waals surface area (Å²) in [7, 11) is 0. The number of hydrogen-bond acceptors (Lipinski definition) is 4. The predicted octanol–water partition coefficient (Wildman–Crippen LogP) is 0.124. The molecule has 2 fully saturated rings. The van der Waals surface area contributed by atoms with Crippen molar-refractivity contribution in [3.8, 4) is 0 Å². The number of nitrogens with zero attached hydrogens (tertiary/aromatic N) is 1. The first-order valence-electron chi connectivity index (χ1n) is 5.97. The number of carbonyl (C=O) groups is 2. The molecule has 1 spiro atoms. The molecule has 2 amide bonds. The van der Waals surface area contributed by atoms with Crippen molar-refractivity contribution in [3.63, 3.8) is 0 Å². The fraction of sp³-hybridized carbons (Fsp3) is 0.818. The van der Waals surface area contributed by atoms with E-state index in [2.05, 4.69) is 5.32 Å². The Bertz CT molecular complexity index is 299. The van der Waals surface area contributed by atoms with Gasteiger partial charge in [-0.15, -0.1) is 0 Å². The van der Waals surface area contributed by atoms with Gasteiger partial charge in [-0.05, 0) is 19.8 Å². The van der Waals surface area contributed by atoms with Crippen LogP contribution >= 0.6 is 0 Å². The first-order chi connectivity index (χ1) is 8.15. The molecule has 2 rings (SSSR count). The zero-order chi connectivity index (χ0) is 12.3. The highest BCUT2D eigenvalue weighted by atomic mass is 16.6. The van der Waals surface area contributed by atoms with Gasteiger partial charge in [-0.25, -0.2) is 4.79 Å². The Hall–Kier alpha value is -1.30. The van der Waals surface area contributed by atoms with Crippen LogP contribution < -0.4 is 5.32 Å². The number of likely N-dealkylation sites (tertiary alicyclic amines) is 1. The molecule has 6 heteroatoms. The van der Waals surface area contributed by atoms with E-state index in [1.807, 2.05) is 0 Å². The molecular weight excluding hydrogens is 224 g/mol. The molecule has 0 aliphatic carbocycles. The van der Waals surface area contributed by atoms with Crippen LogP contribution in [-0.2, 0) is 14.3 Å². The van der Waals surface area contributed by atoms with E-state index < -0.39 is 0 Å². The van der Waals surface area contributed by atoms with E-state index in [4.69, 9.17) is 9.47 Å². The normalized spacial score (nSPS) is 23.4. The molecule has 0 aromatic carbocycles. The van der Waals surface area contributed by atoms with E-state index >= 15 is 0 Å². The third-order valence-electron chi connectivity index (χ3n) is 3.32. The van der Waals surface area contributed by atoms with Crippen LogP contribution in [0.15, 0.2) is 0 Å². The highest BCUT2D eigenvalue weighted by Gasteiger charge is 2.40. The largest absolute Gasteiger partial charge is 0.450 e. The smallest absolute Gasteiger partial charge is 0.409 e. The zero-order valence-electron chi connectivity index (χ0n) is 10.0. The van der Waals surface area contributed by atoms with Crippen LogP contribution in [0.2, 0.25) is 0 Å². The minimum Gasteiger partial charge on any atom is -0.450 e. The standard InChI is InChI=1S/C11H18N2O4/c1-2-16-10(15)13-5-3-11(4-6-13)8-12-9(14)7-17-11/h2-8H2,1H3,(H,12,14). The maximum absolute atomic E-state index is 11.5. The van der Waals surface area contributed by atoms with E-state index in [9.17, 15) is 9.59 Å². The van der Waals surface area contributed by atoms with Gasteiger partial charge in [0.15, 0.2) is 0 Å². The van der Waals surface area contributed by atoms with Crippen molar-refractivity contribution in [3.05, 3.63) is 0 Å². The second-order valence-corrected chi connectivity index (χ2v) is 4.43. The highest BCUT2D eigenvalue weighted by Crippen LogP contribution is 2.27. The number of carbonyl (C=O) groups excluding carboxylic acids is 2. The summed E-state index contributed by atoms with van der Waals surface area (Å²) in [5, 5.41) is 2.81. The van der Waals surface area contributed by atoms with Crippen LogP contribution in [0.25, 0.3) is 0 Å². The molecule has 2 aliphatic rings. The summed E-state index contributed by atoms with van der Waals surface area (Å²) in [4.78, 5) is 24.2. The van der Waals surface area contributed by atoms with Crippen LogP contribution in [0, 0.1) is 0 Å². The third kappa shape index (κ3) is 2.69. The fourth-order valence-corrected chi connectivity index (χ4v) is 2.21. The van der Waals surface area contributed by atoms with Gasteiger partial charge >= 0.3 is 6.09 Å². The van der Waals surface area contributed by atoms with Crippen LogP contribution in [0.4, 0.5) is 4.79 Å². The molecule has 2 aliphatic heterocycles. The second kappa shape index (κ2) is 4.91. The average molecular weight is 242 g/mol. The Morgan fingerprint density at radius 3 is 2.76 bits per heavy atom. The number of morpholine rings is 1. The third-order valence-corrected chi connectivity index (χ3v) is 3.32. The fourth-order valence-electron chi connectivity index (χ4n) is 2.21. The van der Waals surface area contributed by atoms with E-state index in [1.54, 1.807) is 11.8 Å². The van der Waals surface area contributed by atoms with Crippen LogP contribution in [0.5, 0.6) is 0 Å². The number of hydrogen-bond donors (Lipinski definition) is 1. The molecule has 0 aromatic rings. The molecule has 1 N–H and O–H groups in total. The first-order valence-corrected chi connectivity index (χ1v) is 5.97. The number of nitrogens with one attached hydrogen (secondary N) is 1. The number of rotatable bonds is 1. The van der Waals surface area contributed by atoms with Gasteiger partial charge in [-0.2, -0.15) is 0 Å². The first kappa shape index (κ1) is 12.2. The van der Waals surface area contributed by atoms with Crippen LogP contribution in [0.1, 0.15) is 19.8 Å². The number of piperidine rings is 1. The second-order valence-electron chi connectivity index (χ2n) is 4.43. The lowest BCUT2D eigenvalue weighted by molar-refractivity contribution is -0.149. The molecule has 0 atom stereocenters. The molecule has 6 nitrogen and oxygen atoms in total. The van der Waals surface area contributed by atoms with Gasteiger partial charge in [0.1, 0.15) is 6.61 Å². The van der Waals surface area contributed by atoms with E-state index in [0.717, 1.165) is 12.8 Å². The van der Waals surface area contributed by atoms with Gasteiger partial charge in [0.2, 0.25) is 5.91 Å². The molecule has 0 radical (unpaired) electrons. The lowest BCUT2D eigenvalue weighted by atomic mass is 9.90. The topological polar surface area (TPSA) is 67.9 Å². The van der Waals surface area contributed by atoms with Crippen LogP contribution in [-0.4, -0.2) is 55.3 Å². The Labute approximate surface area is 100 Å². The van der Waals surface area contributed by atoms with Gasteiger partial charge < -0.3 is 19.7 Å². The Kier molecular flexibility index (Phi) is 3.51. The summed E-state index contributed by atoms with van der Waals surface area (Å²) >= 11 is 0. The van der Waals surface area contributed by atoms with E-state index in [1.165, 1.54) is 0 Å². The number of amides is 2. The molecule has 17 heavy (non-hydrogen) atoms. The molecule has 0 unspecified atom stereocenters. The van der Waals surface area contributed by atoms with Crippen LogP contribution in [0.3, 0.4) is 0 Å². The van der Waals surface area contributed by atoms with Gasteiger partial charge in [0.25, 0.3) is 0 Å². The lowest BCUT2D eigenvalue weighted by Gasteiger charge is -2.43. The summed E-state index contributed by atoms with van der Waals surface area (Å²) in [5.41, 5.74) is -0.281. The quantitative estimate of drug-likeness (QED) is 0.709. The predicted molar refractivity (Wildman–Crippen MR) is 59.5 cm³/mol. The summed E-state index contributed by atoms with van der Waals surface area (Å²) in [6.07, 6.45) is 1.22. The Balaban J connectivity index is 1.85. The van der Waals surface area contributed by atoms with Crippen molar-refractivity contribution in [2.75, 3.05) is 32.8 Å². The Morgan fingerprint density at radius 1 is 1.53 bits per heavy atom. The van der Waals surface area contributed by atoms with Crippen molar-refractivity contribution in [1.29, 1.82) is 0 Å². The van der Waals surface area contributed by atoms with Gasteiger partial charge in [-0.3, -0.25) is 4.79 Å². The van der Waals surface area contributed by atoms with Crippen molar-refractivity contribution < 1.29 is 19.1 Å². The summed E-state index contributed by atoms with van der Waals surface area (Å²) in [6, 6.07) is 0. The van der Waals surface area contributed by atoms with E-state index in [-0.39, 0.29) is 24.2 Å². The van der Waals surface area contributed by atoms with Crippen molar-refractivity contribution >= 4 is 12.0 Å². The minimum atomic E-state index is -0.281. The molecule has 96 valence electrons. The zero-order valence-corrected chi connectivity index (χ0v) is 10.0. The molecule has 0 saturated carbocycles. The van der Waals surface area contributed by atoms with E-state index in [0.29, 0.717) is 26.2 Å². The lowest BCUT2D eigenvalue weighted by Crippen LogP contribution is -2.58. The van der Waals surface area contributed by atoms with Gasteiger partial charge in [-0.1, -0.05) is 0 Å². The molecule has 0 bridgehead atoms. The molecule has 2 saturated heterocycles. The van der Waals surface area contributed by atoms with Gasteiger partial charge in [0.05, 0.1) is 12.2 Å². The summed E-state index contributed by atoms with van der Waals surface area (Å²) in [5.74, 6) is -0.0663. The Morgan fingerprint density at radius 2 is 2.24 bits per heavy atom. The minimum absolute atomic E-state index is 0.0663. The maximum atomic E-state index is 11.5.